The first-order valence-electron chi connectivity index (χ1n) is 11.1. The Morgan fingerprint density at radius 3 is 2.31 bits per heavy atom. The van der Waals surface area contributed by atoms with Gasteiger partial charge in [0.25, 0.3) is 5.91 Å². The maximum Gasteiger partial charge on any atom is 0.259 e. The number of carbonyl (C=O) groups is 3. The van der Waals surface area contributed by atoms with Crippen LogP contribution in [0.4, 0.5) is 0 Å². The van der Waals surface area contributed by atoms with Gasteiger partial charge in [-0.3, -0.25) is 14.4 Å². The Hall–Kier alpha value is -4.07. The number of benzene rings is 2. The molecule has 3 N–H and O–H groups in total. The summed E-state index contributed by atoms with van der Waals surface area (Å²) in [6, 6.07) is 5.31. The highest BCUT2D eigenvalue weighted by Gasteiger charge is 2.55. The van der Waals surface area contributed by atoms with Gasteiger partial charge in [-0.15, -0.1) is 0 Å². The molecule has 0 radical (unpaired) electrons. The molecule has 0 aromatic heterocycles. The number of aromatic hydroxyl groups is 1. The molecule has 0 fully saturated rings. The molecule has 182 valence electrons. The summed E-state index contributed by atoms with van der Waals surface area (Å²) in [5.74, 6) is -2.73. The SMILES string of the molecule is COc1cc(O)c2c(c1C(=O)NCc1c(C)cc(C)cc1C)OC1=CC(O)=C(C(C)=O)C(=O)[C@]12C. The van der Waals surface area contributed by atoms with Crippen molar-refractivity contribution in [2.75, 3.05) is 7.11 Å². The number of Topliss-reactive ketones (excluding diaryl/α,β-unsaturated/α-hetero) is 2. The van der Waals surface area contributed by atoms with E-state index in [1.807, 2.05) is 32.9 Å². The zero-order chi connectivity index (χ0) is 25.8. The van der Waals surface area contributed by atoms with Gasteiger partial charge in [-0.05, 0) is 51.3 Å². The van der Waals surface area contributed by atoms with Gasteiger partial charge in [-0.25, -0.2) is 0 Å². The molecule has 8 heteroatoms. The molecular formula is C27H27NO7. The predicted molar refractivity (Wildman–Crippen MR) is 128 cm³/mol. The predicted octanol–water partition coefficient (Wildman–Crippen LogP) is 3.77. The fourth-order valence-corrected chi connectivity index (χ4v) is 4.97. The topological polar surface area (TPSA) is 122 Å². The van der Waals surface area contributed by atoms with Crippen LogP contribution in [0, 0.1) is 20.8 Å². The van der Waals surface area contributed by atoms with Crippen LogP contribution in [-0.2, 0) is 21.5 Å². The summed E-state index contributed by atoms with van der Waals surface area (Å²) in [5.41, 5.74) is 2.21. The summed E-state index contributed by atoms with van der Waals surface area (Å²) >= 11 is 0. The zero-order valence-electron chi connectivity index (χ0n) is 20.5. The Morgan fingerprint density at radius 1 is 1.11 bits per heavy atom. The van der Waals surface area contributed by atoms with Crippen LogP contribution in [0.5, 0.6) is 17.2 Å². The molecule has 2 aliphatic rings. The smallest absolute Gasteiger partial charge is 0.259 e. The minimum Gasteiger partial charge on any atom is -0.507 e. The number of aliphatic hydroxyl groups is 1. The van der Waals surface area contributed by atoms with Crippen LogP contribution in [0.3, 0.4) is 0 Å². The van der Waals surface area contributed by atoms with Gasteiger partial charge < -0.3 is 25.0 Å². The highest BCUT2D eigenvalue weighted by atomic mass is 16.5. The quantitative estimate of drug-likeness (QED) is 0.560. The lowest BCUT2D eigenvalue weighted by Gasteiger charge is -2.27. The third-order valence-corrected chi connectivity index (χ3v) is 6.70. The first kappa shape index (κ1) is 24.1. The van der Waals surface area contributed by atoms with E-state index in [-0.39, 0.29) is 46.3 Å². The number of hydrogen-bond donors (Lipinski definition) is 3. The number of ketones is 2. The van der Waals surface area contributed by atoms with Gasteiger partial charge in [-0.1, -0.05) is 17.7 Å². The fraction of sp³-hybridized carbons (Fsp3) is 0.296. The number of rotatable bonds is 5. The highest BCUT2D eigenvalue weighted by Crippen LogP contribution is 2.56. The van der Waals surface area contributed by atoms with Crippen molar-refractivity contribution >= 4 is 17.5 Å². The average molecular weight is 478 g/mol. The maximum atomic E-state index is 13.4. The van der Waals surface area contributed by atoms with Crippen LogP contribution in [0.1, 0.15) is 52.0 Å². The average Bonchev–Trinajstić information content (AvgIpc) is 3.06. The normalized spacial score (nSPS) is 18.5. The van der Waals surface area contributed by atoms with E-state index in [1.54, 1.807) is 0 Å². The number of phenolic OH excluding ortho intramolecular Hbond substituents is 1. The van der Waals surface area contributed by atoms with Gasteiger partial charge in [0.15, 0.2) is 17.3 Å². The molecule has 35 heavy (non-hydrogen) atoms. The molecule has 0 saturated carbocycles. The van der Waals surface area contributed by atoms with Gasteiger partial charge in [0, 0.05) is 18.7 Å². The van der Waals surface area contributed by atoms with Gasteiger partial charge in [0.05, 0.1) is 12.7 Å². The third kappa shape index (κ3) is 3.56. The summed E-state index contributed by atoms with van der Waals surface area (Å²) in [6.45, 7) is 8.84. The van der Waals surface area contributed by atoms with Crippen molar-refractivity contribution in [1.82, 2.24) is 5.32 Å². The molecule has 0 saturated heterocycles. The Bertz CT molecular complexity index is 1360. The second-order valence-corrected chi connectivity index (χ2v) is 9.12. The second kappa shape index (κ2) is 8.30. The second-order valence-electron chi connectivity index (χ2n) is 9.12. The third-order valence-electron chi connectivity index (χ3n) is 6.70. The Balaban J connectivity index is 1.80. The van der Waals surface area contributed by atoms with Gasteiger partial charge in [0.1, 0.15) is 39.6 Å². The number of ether oxygens (including phenoxy) is 2. The molecule has 1 heterocycles. The number of amides is 1. The molecule has 0 bridgehead atoms. The molecule has 4 rings (SSSR count). The number of hydrogen-bond acceptors (Lipinski definition) is 7. The van der Waals surface area contributed by atoms with Gasteiger partial charge >= 0.3 is 0 Å². The van der Waals surface area contributed by atoms with E-state index < -0.39 is 28.6 Å². The summed E-state index contributed by atoms with van der Waals surface area (Å²) in [4.78, 5) is 38.8. The number of fused-ring (bicyclic) bond motifs is 3. The zero-order valence-corrected chi connectivity index (χ0v) is 20.5. The fourth-order valence-electron chi connectivity index (χ4n) is 4.97. The summed E-state index contributed by atoms with van der Waals surface area (Å²) < 4.78 is 11.3. The minimum atomic E-state index is -1.60. The van der Waals surface area contributed by atoms with Crippen LogP contribution in [0.25, 0.3) is 0 Å². The minimum absolute atomic E-state index is 0.00262. The molecular weight excluding hydrogens is 450 g/mol. The standard InChI is InChI=1S/C27H27NO7/c1-12-7-13(2)16(14(3)8-12)11-28-26(33)22-19(34-6)9-18(31)23-24(22)35-20-10-17(30)21(15(4)29)25(32)27(20,23)5/h7-10,30-31H,11H2,1-6H3,(H,28,33)/t27-/m1/s1. The lowest BCUT2D eigenvalue weighted by Crippen LogP contribution is -2.38. The van der Waals surface area contributed by atoms with E-state index in [0.29, 0.717) is 0 Å². The number of phenols is 1. The maximum absolute atomic E-state index is 13.4. The number of methoxy groups -OCH3 is 1. The molecule has 1 aliphatic heterocycles. The van der Waals surface area contributed by atoms with Gasteiger partial charge in [0.2, 0.25) is 0 Å². The Morgan fingerprint density at radius 2 is 1.74 bits per heavy atom. The van der Waals surface area contributed by atoms with Gasteiger partial charge in [-0.2, -0.15) is 0 Å². The van der Waals surface area contributed by atoms with Crippen LogP contribution < -0.4 is 14.8 Å². The van der Waals surface area contributed by atoms with Crippen molar-refractivity contribution in [2.24, 2.45) is 0 Å². The van der Waals surface area contributed by atoms with E-state index in [9.17, 15) is 24.6 Å². The largest absolute Gasteiger partial charge is 0.507 e. The first-order chi connectivity index (χ1) is 16.4. The molecule has 0 spiro atoms. The van der Waals surface area contributed by atoms with Crippen molar-refractivity contribution in [3.63, 3.8) is 0 Å². The van der Waals surface area contributed by atoms with Crippen molar-refractivity contribution in [3.05, 3.63) is 74.7 Å². The van der Waals surface area contributed by atoms with Crippen molar-refractivity contribution in [1.29, 1.82) is 0 Å². The Labute approximate surface area is 202 Å². The van der Waals surface area contributed by atoms with Crippen LogP contribution >= 0.6 is 0 Å². The van der Waals surface area contributed by atoms with Crippen molar-refractivity contribution in [3.8, 4) is 17.2 Å². The summed E-state index contributed by atoms with van der Waals surface area (Å²) in [7, 11) is 1.35. The molecule has 0 unspecified atom stereocenters. The van der Waals surface area contributed by atoms with Crippen molar-refractivity contribution < 1.29 is 34.1 Å². The number of aryl methyl sites for hydroxylation is 3. The van der Waals surface area contributed by atoms with E-state index in [0.717, 1.165) is 22.3 Å². The van der Waals surface area contributed by atoms with E-state index in [1.165, 1.54) is 33.1 Å². The summed E-state index contributed by atoms with van der Waals surface area (Å²) in [5, 5.41) is 24.0. The number of carbonyl (C=O) groups excluding carboxylic acids is 3. The highest BCUT2D eigenvalue weighted by molar-refractivity contribution is 6.25. The number of nitrogens with one attached hydrogen (secondary N) is 1. The lowest BCUT2D eigenvalue weighted by molar-refractivity contribution is -0.123. The van der Waals surface area contributed by atoms with E-state index in [2.05, 4.69) is 5.32 Å². The molecule has 1 amide bonds. The number of aliphatic hydroxyl groups excluding tert-OH is 1. The van der Waals surface area contributed by atoms with Crippen molar-refractivity contribution in [2.45, 2.75) is 46.6 Å². The van der Waals surface area contributed by atoms with Crippen LogP contribution in [-0.4, -0.2) is 34.8 Å². The van der Waals surface area contributed by atoms with Crippen LogP contribution in [0.15, 0.2) is 41.4 Å². The molecule has 8 nitrogen and oxygen atoms in total. The molecule has 1 atom stereocenters. The monoisotopic (exact) mass is 477 g/mol. The van der Waals surface area contributed by atoms with E-state index >= 15 is 0 Å². The molecule has 2 aromatic rings. The summed E-state index contributed by atoms with van der Waals surface area (Å²) in [6.07, 6.45) is 1.17. The number of allylic oxidation sites excluding steroid dienone is 3. The first-order valence-corrected chi connectivity index (χ1v) is 11.1. The van der Waals surface area contributed by atoms with E-state index in [4.69, 9.17) is 9.47 Å². The molecule has 2 aromatic carbocycles. The van der Waals surface area contributed by atoms with Crippen LogP contribution in [0.2, 0.25) is 0 Å². The lowest BCUT2D eigenvalue weighted by atomic mass is 9.71. The molecule has 1 aliphatic carbocycles. The Kier molecular flexibility index (Phi) is 5.71.